The lowest BCUT2D eigenvalue weighted by Crippen LogP contribution is -2.12. The van der Waals surface area contributed by atoms with Crippen LogP contribution in [-0.4, -0.2) is 0 Å². The normalized spacial score (nSPS) is 11.7. The van der Waals surface area contributed by atoms with Crippen LogP contribution in [0, 0.1) is 17.2 Å². The van der Waals surface area contributed by atoms with E-state index in [9.17, 15) is 0 Å². The predicted octanol–water partition coefficient (Wildman–Crippen LogP) is 3.03. The van der Waals surface area contributed by atoms with Crippen LogP contribution in [-0.2, 0) is 0 Å². The van der Waals surface area contributed by atoms with Gasteiger partial charge in [-0.25, -0.2) is 0 Å². The van der Waals surface area contributed by atoms with E-state index in [2.05, 4.69) is 19.9 Å². The molecule has 2 nitrogen and oxygen atoms in total. The van der Waals surface area contributed by atoms with Crippen LogP contribution in [0.3, 0.4) is 0 Å². The summed E-state index contributed by atoms with van der Waals surface area (Å²) in [6.07, 6.45) is 0.953. The minimum atomic E-state index is 0. The zero-order valence-corrected chi connectivity index (χ0v) is 9.92. The summed E-state index contributed by atoms with van der Waals surface area (Å²) in [5.41, 5.74) is 7.75. The highest BCUT2D eigenvalue weighted by Gasteiger charge is 2.08. The summed E-state index contributed by atoms with van der Waals surface area (Å²) in [7, 11) is 0. The second kappa shape index (κ2) is 6.44. The maximum Gasteiger partial charge on any atom is 0.0991 e. The van der Waals surface area contributed by atoms with E-state index in [0.29, 0.717) is 11.5 Å². The fraction of sp³-hybridized carbons (Fsp3) is 0.417. The second-order valence-electron chi connectivity index (χ2n) is 3.97. The smallest absolute Gasteiger partial charge is 0.0991 e. The first-order chi connectivity index (χ1) is 6.63. The molecular weight excluding hydrogens is 208 g/mol. The number of nitrogens with zero attached hydrogens (tertiary/aromatic N) is 1. The number of hydrogen-bond donors (Lipinski definition) is 1. The van der Waals surface area contributed by atoms with Gasteiger partial charge < -0.3 is 5.73 Å². The van der Waals surface area contributed by atoms with Crippen molar-refractivity contribution in [1.82, 2.24) is 0 Å². The molecular formula is C12H17ClN2. The van der Waals surface area contributed by atoms with Crippen molar-refractivity contribution in [2.45, 2.75) is 26.3 Å². The van der Waals surface area contributed by atoms with E-state index >= 15 is 0 Å². The molecule has 0 fully saturated rings. The number of rotatable bonds is 3. The average Bonchev–Trinajstić information content (AvgIpc) is 2.17. The lowest BCUT2D eigenvalue weighted by Gasteiger charge is -2.14. The van der Waals surface area contributed by atoms with Gasteiger partial charge in [-0.2, -0.15) is 5.26 Å². The molecule has 0 aliphatic rings. The first-order valence-electron chi connectivity index (χ1n) is 4.89. The second-order valence-corrected chi connectivity index (χ2v) is 3.97. The molecule has 1 rings (SSSR count). The van der Waals surface area contributed by atoms with E-state index in [4.69, 9.17) is 11.0 Å². The minimum Gasteiger partial charge on any atom is -0.324 e. The van der Waals surface area contributed by atoms with Gasteiger partial charge in [-0.1, -0.05) is 26.0 Å². The van der Waals surface area contributed by atoms with Crippen LogP contribution in [0.1, 0.15) is 37.4 Å². The number of benzene rings is 1. The summed E-state index contributed by atoms with van der Waals surface area (Å²) < 4.78 is 0. The molecule has 3 heteroatoms. The molecule has 1 aromatic carbocycles. The molecule has 1 aromatic rings. The van der Waals surface area contributed by atoms with Crippen LogP contribution in [0.2, 0.25) is 0 Å². The summed E-state index contributed by atoms with van der Waals surface area (Å²) in [5, 5.41) is 8.73. The lowest BCUT2D eigenvalue weighted by molar-refractivity contribution is 0.510. The van der Waals surface area contributed by atoms with Crippen molar-refractivity contribution in [2.75, 3.05) is 0 Å². The standard InChI is InChI=1S/C12H16N2.ClH/c1-9(2)6-12(14)11-5-3-4-10(7-11)8-13;/h3-5,7,9,12H,6,14H2,1-2H3;1H/t12-;/m0./s1. The number of nitriles is 1. The molecule has 15 heavy (non-hydrogen) atoms. The van der Waals surface area contributed by atoms with Crippen LogP contribution >= 0.6 is 12.4 Å². The molecule has 0 aromatic heterocycles. The van der Waals surface area contributed by atoms with Gasteiger partial charge in [0.2, 0.25) is 0 Å². The van der Waals surface area contributed by atoms with Gasteiger partial charge in [-0.15, -0.1) is 12.4 Å². The van der Waals surface area contributed by atoms with Crippen molar-refractivity contribution >= 4 is 12.4 Å². The van der Waals surface area contributed by atoms with Crippen LogP contribution in [0.25, 0.3) is 0 Å². The Morgan fingerprint density at radius 1 is 1.40 bits per heavy atom. The number of nitrogens with two attached hydrogens (primary N) is 1. The Balaban J connectivity index is 0.00000196. The Morgan fingerprint density at radius 3 is 2.60 bits per heavy atom. The minimum absolute atomic E-state index is 0. The molecule has 1 atom stereocenters. The molecule has 0 spiro atoms. The van der Waals surface area contributed by atoms with E-state index in [-0.39, 0.29) is 18.4 Å². The molecule has 0 radical (unpaired) electrons. The fourth-order valence-corrected chi connectivity index (χ4v) is 1.48. The summed E-state index contributed by atoms with van der Waals surface area (Å²) >= 11 is 0. The molecule has 0 bridgehead atoms. The highest BCUT2D eigenvalue weighted by atomic mass is 35.5. The maximum atomic E-state index is 8.73. The third-order valence-electron chi connectivity index (χ3n) is 2.17. The van der Waals surface area contributed by atoms with Crippen LogP contribution in [0.15, 0.2) is 24.3 Å². The van der Waals surface area contributed by atoms with E-state index < -0.39 is 0 Å². The Bertz CT molecular complexity index is 342. The van der Waals surface area contributed by atoms with Gasteiger partial charge in [0, 0.05) is 6.04 Å². The van der Waals surface area contributed by atoms with E-state index in [1.807, 2.05) is 18.2 Å². The van der Waals surface area contributed by atoms with Crippen molar-refractivity contribution in [3.8, 4) is 6.07 Å². The van der Waals surface area contributed by atoms with Crippen LogP contribution in [0.4, 0.5) is 0 Å². The van der Waals surface area contributed by atoms with E-state index in [0.717, 1.165) is 12.0 Å². The molecule has 2 N–H and O–H groups in total. The Morgan fingerprint density at radius 2 is 2.07 bits per heavy atom. The fourth-order valence-electron chi connectivity index (χ4n) is 1.48. The van der Waals surface area contributed by atoms with Crippen molar-refractivity contribution in [3.05, 3.63) is 35.4 Å². The first-order valence-corrected chi connectivity index (χ1v) is 4.89. The molecule has 0 aliphatic heterocycles. The van der Waals surface area contributed by atoms with Gasteiger partial charge in [0.05, 0.1) is 11.6 Å². The first kappa shape index (κ1) is 14.0. The zero-order valence-electron chi connectivity index (χ0n) is 9.10. The molecule has 82 valence electrons. The van der Waals surface area contributed by atoms with E-state index in [1.54, 1.807) is 6.07 Å². The van der Waals surface area contributed by atoms with Crippen molar-refractivity contribution < 1.29 is 0 Å². The van der Waals surface area contributed by atoms with Crippen molar-refractivity contribution in [2.24, 2.45) is 11.7 Å². The van der Waals surface area contributed by atoms with E-state index in [1.165, 1.54) is 0 Å². The topological polar surface area (TPSA) is 49.8 Å². The maximum absolute atomic E-state index is 8.73. The summed E-state index contributed by atoms with van der Waals surface area (Å²) in [6, 6.07) is 9.69. The van der Waals surface area contributed by atoms with Crippen molar-refractivity contribution in [3.63, 3.8) is 0 Å². The van der Waals surface area contributed by atoms with Crippen LogP contribution < -0.4 is 5.73 Å². The average molecular weight is 225 g/mol. The van der Waals surface area contributed by atoms with Crippen molar-refractivity contribution in [1.29, 1.82) is 5.26 Å². The molecule has 0 amide bonds. The van der Waals surface area contributed by atoms with Gasteiger partial charge in [0.15, 0.2) is 0 Å². The largest absolute Gasteiger partial charge is 0.324 e. The summed E-state index contributed by atoms with van der Waals surface area (Å²) in [4.78, 5) is 0. The van der Waals surface area contributed by atoms with Gasteiger partial charge in [-0.3, -0.25) is 0 Å². The molecule has 0 heterocycles. The quantitative estimate of drug-likeness (QED) is 0.858. The lowest BCUT2D eigenvalue weighted by atomic mass is 9.97. The van der Waals surface area contributed by atoms with Gasteiger partial charge in [-0.05, 0) is 30.0 Å². The molecule has 0 saturated carbocycles. The Labute approximate surface area is 97.5 Å². The number of halogens is 1. The third kappa shape index (κ3) is 4.33. The zero-order chi connectivity index (χ0) is 10.6. The van der Waals surface area contributed by atoms with Gasteiger partial charge in [0.1, 0.15) is 0 Å². The Hall–Kier alpha value is -1.04. The number of hydrogen-bond acceptors (Lipinski definition) is 2. The van der Waals surface area contributed by atoms with Gasteiger partial charge in [0.25, 0.3) is 0 Å². The monoisotopic (exact) mass is 224 g/mol. The Kier molecular flexibility index (Phi) is 6.00. The predicted molar refractivity (Wildman–Crippen MR) is 64.8 cm³/mol. The molecule has 0 aliphatic carbocycles. The highest BCUT2D eigenvalue weighted by Crippen LogP contribution is 2.19. The highest BCUT2D eigenvalue weighted by molar-refractivity contribution is 5.85. The summed E-state index contributed by atoms with van der Waals surface area (Å²) in [5.74, 6) is 0.579. The summed E-state index contributed by atoms with van der Waals surface area (Å²) in [6.45, 7) is 4.29. The van der Waals surface area contributed by atoms with Crippen LogP contribution in [0.5, 0.6) is 0 Å². The van der Waals surface area contributed by atoms with Gasteiger partial charge >= 0.3 is 0 Å². The molecule has 0 unspecified atom stereocenters. The molecule has 0 saturated heterocycles. The SMILES string of the molecule is CC(C)C[C@H](N)c1cccc(C#N)c1.Cl. The third-order valence-corrected chi connectivity index (χ3v) is 2.17.